The topological polar surface area (TPSA) is 87.4 Å². The minimum Gasteiger partial charge on any atom is -0.495 e. The van der Waals surface area contributed by atoms with Gasteiger partial charge in [0.15, 0.2) is 0 Å². The van der Waals surface area contributed by atoms with Gasteiger partial charge in [-0.2, -0.15) is 0 Å². The molecule has 0 bridgehead atoms. The van der Waals surface area contributed by atoms with Crippen molar-refractivity contribution in [2.75, 3.05) is 26.1 Å². The third-order valence-electron chi connectivity index (χ3n) is 5.42. The summed E-state index contributed by atoms with van der Waals surface area (Å²) in [4.78, 5) is 30.9. The second-order valence-corrected chi connectivity index (χ2v) is 8.15. The molecule has 0 unspecified atom stereocenters. The highest BCUT2D eigenvalue weighted by molar-refractivity contribution is 6.31. The predicted octanol–water partition coefficient (Wildman–Crippen LogP) is 4.20. The van der Waals surface area contributed by atoms with Gasteiger partial charge in [-0.25, -0.2) is 4.98 Å². The number of carbonyl (C=O) groups is 1. The summed E-state index contributed by atoms with van der Waals surface area (Å²) in [5.41, 5.74) is 2.85. The number of nitrogens with zero attached hydrogens (tertiary/aromatic N) is 3. The fourth-order valence-corrected chi connectivity index (χ4v) is 4.00. The van der Waals surface area contributed by atoms with Crippen molar-refractivity contribution in [1.29, 1.82) is 0 Å². The summed E-state index contributed by atoms with van der Waals surface area (Å²) in [5, 5.41) is 3.29. The van der Waals surface area contributed by atoms with Crippen molar-refractivity contribution in [3.8, 4) is 16.9 Å². The zero-order chi connectivity index (χ0) is 24.1. The van der Waals surface area contributed by atoms with Crippen molar-refractivity contribution in [1.82, 2.24) is 14.1 Å². The van der Waals surface area contributed by atoms with E-state index < -0.39 is 0 Å². The minimum atomic E-state index is -0.328. The van der Waals surface area contributed by atoms with Crippen LogP contribution in [0.5, 0.6) is 5.75 Å². The van der Waals surface area contributed by atoms with Crippen LogP contribution in [0.1, 0.15) is 6.42 Å². The smallest absolute Gasteiger partial charge is 0.277 e. The second-order valence-electron chi connectivity index (χ2n) is 7.72. The number of ether oxygens (including phenoxy) is 2. The van der Waals surface area contributed by atoms with E-state index in [0.29, 0.717) is 47.1 Å². The van der Waals surface area contributed by atoms with E-state index in [2.05, 4.69) is 10.3 Å². The number of nitrogens with one attached hydrogen (secondary N) is 1. The lowest BCUT2D eigenvalue weighted by atomic mass is 10.1. The molecule has 4 aromatic rings. The average Bonchev–Trinajstić information content (AvgIpc) is 3.20. The van der Waals surface area contributed by atoms with Crippen molar-refractivity contribution in [3.63, 3.8) is 0 Å². The van der Waals surface area contributed by atoms with E-state index in [1.165, 1.54) is 7.11 Å². The first kappa shape index (κ1) is 23.5. The predicted molar refractivity (Wildman–Crippen MR) is 133 cm³/mol. The lowest BCUT2D eigenvalue weighted by Crippen LogP contribution is -2.25. The molecule has 0 aliphatic heterocycles. The number of carbonyl (C=O) groups excluding carboxylic acids is 1. The molecule has 8 nitrogen and oxygen atoms in total. The van der Waals surface area contributed by atoms with E-state index in [0.717, 1.165) is 11.1 Å². The normalized spacial score (nSPS) is 11.0. The van der Waals surface area contributed by atoms with Crippen LogP contribution in [0.2, 0.25) is 5.02 Å². The Kier molecular flexibility index (Phi) is 7.30. The molecule has 4 rings (SSSR count). The first-order valence-corrected chi connectivity index (χ1v) is 11.2. The molecule has 0 radical (unpaired) electrons. The van der Waals surface area contributed by atoms with E-state index in [9.17, 15) is 9.59 Å². The Morgan fingerprint density at radius 3 is 2.65 bits per heavy atom. The number of rotatable bonds is 9. The highest BCUT2D eigenvalue weighted by Crippen LogP contribution is 2.29. The van der Waals surface area contributed by atoms with Gasteiger partial charge in [0, 0.05) is 37.0 Å². The molecule has 176 valence electrons. The van der Waals surface area contributed by atoms with Crippen molar-refractivity contribution in [2.24, 2.45) is 0 Å². The number of aryl methyl sites for hydroxylation is 1. The molecular formula is C25H25ClN4O4. The fraction of sp³-hybridized carbons (Fsp3) is 0.240. The summed E-state index contributed by atoms with van der Waals surface area (Å²) >= 11 is 6.08. The summed E-state index contributed by atoms with van der Waals surface area (Å²) in [6.07, 6.45) is 4.02. The van der Waals surface area contributed by atoms with Gasteiger partial charge in [-0.15, -0.1) is 0 Å². The molecule has 2 heterocycles. The second kappa shape index (κ2) is 10.5. The summed E-state index contributed by atoms with van der Waals surface area (Å²) < 4.78 is 13.6. The molecule has 1 N–H and O–H groups in total. The van der Waals surface area contributed by atoms with Gasteiger partial charge in [0.05, 0.1) is 19.1 Å². The van der Waals surface area contributed by atoms with Gasteiger partial charge in [-0.1, -0.05) is 41.9 Å². The number of amides is 1. The minimum absolute atomic E-state index is 0.0853. The van der Waals surface area contributed by atoms with Crippen molar-refractivity contribution >= 4 is 34.2 Å². The molecule has 9 heteroatoms. The molecule has 1 amide bonds. The number of benzene rings is 2. The lowest BCUT2D eigenvalue weighted by Gasteiger charge is -2.11. The number of fused-ring (bicyclic) bond motifs is 1. The molecule has 2 aromatic carbocycles. The van der Waals surface area contributed by atoms with Crippen molar-refractivity contribution in [3.05, 3.63) is 76.4 Å². The maximum atomic E-state index is 13.4. The van der Waals surface area contributed by atoms with Gasteiger partial charge in [-0.05, 0) is 30.2 Å². The summed E-state index contributed by atoms with van der Waals surface area (Å²) in [5.74, 6) is 0.161. The first-order chi connectivity index (χ1) is 16.5. The third-order valence-corrected chi connectivity index (χ3v) is 5.66. The maximum absolute atomic E-state index is 13.4. The van der Waals surface area contributed by atoms with Crippen LogP contribution in [0.4, 0.5) is 5.69 Å². The van der Waals surface area contributed by atoms with Crippen molar-refractivity contribution < 1.29 is 14.3 Å². The van der Waals surface area contributed by atoms with Crippen LogP contribution in [0.15, 0.2) is 65.8 Å². The van der Waals surface area contributed by atoms with E-state index in [4.69, 9.17) is 21.1 Å². The fourth-order valence-electron chi connectivity index (χ4n) is 3.83. The molecule has 2 aromatic heterocycles. The number of hydrogen-bond acceptors (Lipinski definition) is 5. The third kappa shape index (κ3) is 4.98. The Balaban J connectivity index is 1.73. The van der Waals surface area contributed by atoms with Crippen LogP contribution in [-0.2, 0) is 22.6 Å². The summed E-state index contributed by atoms with van der Waals surface area (Å²) in [6, 6.07) is 14.6. The molecule has 0 aliphatic rings. The van der Waals surface area contributed by atoms with E-state index >= 15 is 0 Å². The molecular weight excluding hydrogens is 456 g/mol. The van der Waals surface area contributed by atoms with Gasteiger partial charge in [0.2, 0.25) is 5.91 Å². The molecule has 0 saturated carbocycles. The molecule has 0 aliphatic carbocycles. The van der Waals surface area contributed by atoms with Crippen LogP contribution >= 0.6 is 11.6 Å². The van der Waals surface area contributed by atoms with Gasteiger partial charge < -0.3 is 19.4 Å². The Labute approximate surface area is 201 Å². The largest absolute Gasteiger partial charge is 0.495 e. The number of hydrogen-bond donors (Lipinski definition) is 1. The van der Waals surface area contributed by atoms with Crippen molar-refractivity contribution in [2.45, 2.75) is 19.5 Å². The van der Waals surface area contributed by atoms with Gasteiger partial charge in [0.25, 0.3) is 5.56 Å². The van der Waals surface area contributed by atoms with Crippen LogP contribution in [0.25, 0.3) is 22.2 Å². The first-order valence-electron chi connectivity index (χ1n) is 10.8. The Bertz CT molecular complexity index is 1360. The average molecular weight is 481 g/mol. The SMILES string of the molecule is COCCCn1cnc2c(-c3ccccc3)cn(CC(=O)Nc3cc(Cl)ccc3OC)c2c1=O. The molecule has 0 saturated heterocycles. The molecule has 0 spiro atoms. The van der Waals surface area contributed by atoms with E-state index in [1.807, 2.05) is 30.3 Å². The highest BCUT2D eigenvalue weighted by atomic mass is 35.5. The van der Waals surface area contributed by atoms with Crippen LogP contribution in [-0.4, -0.2) is 40.9 Å². The van der Waals surface area contributed by atoms with Gasteiger partial charge >= 0.3 is 0 Å². The number of aromatic nitrogens is 3. The Morgan fingerprint density at radius 2 is 1.91 bits per heavy atom. The maximum Gasteiger partial charge on any atom is 0.277 e. The van der Waals surface area contributed by atoms with Crippen LogP contribution < -0.4 is 15.6 Å². The number of anilines is 1. The molecule has 34 heavy (non-hydrogen) atoms. The summed E-state index contributed by atoms with van der Waals surface area (Å²) in [6.45, 7) is 0.913. The van der Waals surface area contributed by atoms with E-state index in [1.54, 1.807) is 47.0 Å². The lowest BCUT2D eigenvalue weighted by molar-refractivity contribution is -0.116. The monoisotopic (exact) mass is 480 g/mol. The zero-order valence-electron chi connectivity index (χ0n) is 19.0. The standard InChI is InChI=1S/C25H25ClN4O4/c1-33-12-6-11-29-16-27-23-19(17-7-4-3-5-8-17)14-30(24(23)25(29)32)15-22(31)28-20-13-18(26)9-10-21(20)34-2/h3-5,7-10,13-14,16H,6,11-12,15H2,1-2H3,(H,28,31). The number of methoxy groups -OCH3 is 2. The molecule has 0 fully saturated rings. The van der Waals surface area contributed by atoms with Gasteiger partial charge in [0.1, 0.15) is 23.3 Å². The highest BCUT2D eigenvalue weighted by Gasteiger charge is 2.18. The van der Waals surface area contributed by atoms with Gasteiger partial charge in [-0.3, -0.25) is 14.2 Å². The van der Waals surface area contributed by atoms with Crippen LogP contribution in [0, 0.1) is 0 Å². The van der Waals surface area contributed by atoms with E-state index in [-0.39, 0.29) is 18.0 Å². The Hall–Kier alpha value is -3.62. The van der Waals surface area contributed by atoms with Crippen LogP contribution in [0.3, 0.4) is 0 Å². The zero-order valence-corrected chi connectivity index (χ0v) is 19.7. The summed E-state index contributed by atoms with van der Waals surface area (Å²) in [7, 11) is 3.14. The molecule has 0 atom stereocenters. The Morgan fingerprint density at radius 1 is 1.12 bits per heavy atom. The quantitative estimate of drug-likeness (QED) is 0.363. The number of halogens is 1.